The molecule has 8 heteroatoms. The van der Waals surface area contributed by atoms with Crippen molar-refractivity contribution in [1.29, 1.82) is 0 Å². The van der Waals surface area contributed by atoms with E-state index in [1.807, 2.05) is 48.8 Å². The Labute approximate surface area is 167 Å². The highest BCUT2D eigenvalue weighted by Crippen LogP contribution is 2.32. The van der Waals surface area contributed by atoms with E-state index < -0.39 is 0 Å². The summed E-state index contributed by atoms with van der Waals surface area (Å²) in [6.45, 7) is 0.690. The molecule has 132 valence electrons. The van der Waals surface area contributed by atoms with E-state index in [1.165, 1.54) is 0 Å². The van der Waals surface area contributed by atoms with Crippen molar-refractivity contribution in [3.8, 4) is 0 Å². The van der Waals surface area contributed by atoms with Crippen LogP contribution in [0.25, 0.3) is 10.9 Å². The van der Waals surface area contributed by atoms with E-state index in [9.17, 15) is 4.79 Å². The van der Waals surface area contributed by atoms with Gasteiger partial charge in [-0.25, -0.2) is 0 Å². The number of fused-ring (bicyclic) bond motifs is 1. The monoisotopic (exact) mass is 415 g/mol. The Bertz CT molecular complexity index is 872. The van der Waals surface area contributed by atoms with Crippen LogP contribution in [-0.2, 0) is 0 Å². The van der Waals surface area contributed by atoms with Gasteiger partial charge in [-0.3, -0.25) is 14.3 Å². The van der Waals surface area contributed by atoms with Crippen molar-refractivity contribution in [3.63, 3.8) is 0 Å². The number of carbonyl (C=O) groups excluding carboxylic acids is 1. The van der Waals surface area contributed by atoms with Crippen LogP contribution in [0.15, 0.2) is 55.0 Å². The molecule has 1 saturated heterocycles. The van der Waals surface area contributed by atoms with Crippen LogP contribution in [0.4, 0.5) is 5.69 Å². The third-order valence-corrected chi connectivity index (χ3v) is 5.45. The van der Waals surface area contributed by atoms with E-state index >= 15 is 0 Å². The maximum atomic E-state index is 12.9. The van der Waals surface area contributed by atoms with Gasteiger partial charge >= 0.3 is 0 Å². The molecule has 1 aliphatic heterocycles. The van der Waals surface area contributed by atoms with Crippen molar-refractivity contribution in [2.75, 3.05) is 16.6 Å². The van der Waals surface area contributed by atoms with Crippen LogP contribution in [-0.4, -0.2) is 27.8 Å². The molecule has 25 heavy (non-hydrogen) atoms. The van der Waals surface area contributed by atoms with Crippen LogP contribution in [0.3, 0.4) is 0 Å². The average Bonchev–Trinajstić information content (AvgIpc) is 3.22. The van der Waals surface area contributed by atoms with Crippen molar-refractivity contribution in [2.24, 2.45) is 5.92 Å². The van der Waals surface area contributed by atoms with Gasteiger partial charge in [0, 0.05) is 35.1 Å². The number of hydrogen-bond acceptors (Lipinski definition) is 4. The second kappa shape index (κ2) is 8.32. The summed E-state index contributed by atoms with van der Waals surface area (Å²) in [7, 11) is 0. The molecule has 4 nitrogen and oxygen atoms in total. The number of rotatable bonds is 2. The fourth-order valence-electron chi connectivity index (χ4n) is 2.81. The molecule has 0 radical (unpaired) electrons. The zero-order chi connectivity index (χ0) is 15.8. The molecule has 0 saturated carbocycles. The van der Waals surface area contributed by atoms with Gasteiger partial charge in [-0.15, -0.1) is 24.8 Å². The maximum absolute atomic E-state index is 12.9. The summed E-state index contributed by atoms with van der Waals surface area (Å²) in [6, 6.07) is 11.5. The van der Waals surface area contributed by atoms with Crippen molar-refractivity contribution in [2.45, 2.75) is 0 Å². The lowest BCUT2D eigenvalue weighted by atomic mass is 10.1. The topological polar surface area (TPSA) is 38.1 Å². The number of halogens is 3. The van der Waals surface area contributed by atoms with Gasteiger partial charge in [0.15, 0.2) is 0 Å². The summed E-state index contributed by atoms with van der Waals surface area (Å²) < 4.78 is 3.85. The minimum Gasteiger partial charge on any atom is -0.314 e. The van der Waals surface area contributed by atoms with E-state index in [1.54, 1.807) is 22.7 Å². The first-order chi connectivity index (χ1) is 11.2. The van der Waals surface area contributed by atoms with Crippen LogP contribution in [0, 0.1) is 5.92 Å². The van der Waals surface area contributed by atoms with Crippen LogP contribution < -0.4 is 4.31 Å². The molecule has 2 aromatic heterocycles. The Morgan fingerprint density at radius 3 is 2.84 bits per heavy atom. The molecule has 0 N–H and O–H groups in total. The first-order valence-electron chi connectivity index (χ1n) is 7.34. The molecule has 3 aromatic rings. The highest BCUT2D eigenvalue weighted by atomic mass is 35.5. The third-order valence-electron chi connectivity index (χ3n) is 3.99. The van der Waals surface area contributed by atoms with Crippen LogP contribution >= 0.6 is 48.4 Å². The maximum Gasteiger partial charge on any atom is 0.236 e. The third kappa shape index (κ3) is 3.90. The molecule has 3 heterocycles. The summed E-state index contributed by atoms with van der Waals surface area (Å²) in [5.41, 5.74) is 1.90. The number of aromatic nitrogens is 2. The Balaban J connectivity index is 0.00000113. The first kappa shape index (κ1) is 19.9. The van der Waals surface area contributed by atoms with Crippen molar-refractivity contribution in [3.05, 3.63) is 60.0 Å². The molecule has 1 aromatic carbocycles. The van der Waals surface area contributed by atoms with Gasteiger partial charge in [-0.05, 0) is 42.3 Å². The highest BCUT2D eigenvalue weighted by molar-refractivity contribution is 8.00. The summed E-state index contributed by atoms with van der Waals surface area (Å²) in [5, 5.41) is 1.67. The van der Waals surface area contributed by atoms with E-state index in [0.717, 1.165) is 22.3 Å². The van der Waals surface area contributed by atoms with Crippen molar-refractivity contribution >= 4 is 70.9 Å². The predicted molar refractivity (Wildman–Crippen MR) is 110 cm³/mol. The van der Waals surface area contributed by atoms with E-state index in [2.05, 4.69) is 9.29 Å². The lowest BCUT2D eigenvalue weighted by Gasteiger charge is -2.16. The number of benzene rings is 1. The Hall–Kier alpha value is -1.40. The second-order valence-corrected chi connectivity index (χ2v) is 6.96. The number of nitrogens with zero attached hydrogens (tertiary/aromatic N) is 3. The Morgan fingerprint density at radius 1 is 1.24 bits per heavy atom. The molecule has 0 bridgehead atoms. The van der Waals surface area contributed by atoms with E-state index in [-0.39, 0.29) is 36.6 Å². The van der Waals surface area contributed by atoms with Crippen molar-refractivity contribution in [1.82, 2.24) is 9.55 Å². The number of pyridine rings is 1. The lowest BCUT2D eigenvalue weighted by molar-refractivity contribution is 0.0862. The van der Waals surface area contributed by atoms with Gasteiger partial charge in [0.05, 0.1) is 23.3 Å². The predicted octanol–water partition coefficient (Wildman–Crippen LogP) is 4.96. The summed E-state index contributed by atoms with van der Waals surface area (Å²) in [4.78, 5) is 17.0. The quantitative estimate of drug-likeness (QED) is 0.554. The van der Waals surface area contributed by atoms with Crippen molar-refractivity contribution < 1.29 is 4.79 Å². The standard InChI is InChI=1S/C17H14ClN3OS.2ClH/c18-14-4-3-12-5-7-20(16(12)8-14)17(22)13-10-21(23-11-13)15-2-1-6-19-9-15;;/h1-9,13H,10-11H2;2*1H. The van der Waals surface area contributed by atoms with Gasteiger partial charge in [0.25, 0.3) is 0 Å². The molecule has 4 rings (SSSR count). The molecule has 1 aliphatic rings. The number of anilines is 1. The van der Waals surface area contributed by atoms with Crippen LogP contribution in [0.5, 0.6) is 0 Å². The number of hydrogen-bond donors (Lipinski definition) is 0. The first-order valence-corrected chi connectivity index (χ1v) is 8.66. The zero-order valence-electron chi connectivity index (χ0n) is 13.0. The Kier molecular flexibility index (Phi) is 6.63. The molecule has 0 amide bonds. The van der Waals surface area contributed by atoms with E-state index in [0.29, 0.717) is 11.6 Å². The molecular weight excluding hydrogens is 401 g/mol. The lowest BCUT2D eigenvalue weighted by Crippen LogP contribution is -2.26. The van der Waals surface area contributed by atoms with Gasteiger partial charge < -0.3 is 4.31 Å². The molecular formula is C17H16Cl3N3OS. The molecule has 0 aliphatic carbocycles. The normalized spacial score (nSPS) is 16.4. The van der Waals surface area contributed by atoms with E-state index in [4.69, 9.17) is 11.6 Å². The molecule has 1 unspecified atom stereocenters. The summed E-state index contributed by atoms with van der Waals surface area (Å²) in [6.07, 6.45) is 5.41. The van der Waals surface area contributed by atoms with Crippen LogP contribution in [0.1, 0.15) is 4.79 Å². The number of carbonyl (C=O) groups is 1. The fraction of sp³-hybridized carbons (Fsp3) is 0.176. The molecule has 0 spiro atoms. The summed E-state index contributed by atoms with van der Waals surface area (Å²) >= 11 is 7.74. The average molecular weight is 417 g/mol. The van der Waals surface area contributed by atoms with Gasteiger partial charge in [-0.1, -0.05) is 17.7 Å². The SMILES string of the molecule is Cl.Cl.O=C(C1CSN(c2cccnc2)C1)n1ccc2ccc(Cl)cc21. The Morgan fingerprint density at radius 2 is 2.08 bits per heavy atom. The van der Waals surface area contributed by atoms with Gasteiger partial charge in [0.2, 0.25) is 5.91 Å². The highest BCUT2D eigenvalue weighted by Gasteiger charge is 2.31. The largest absolute Gasteiger partial charge is 0.314 e. The minimum absolute atomic E-state index is 0. The zero-order valence-corrected chi connectivity index (χ0v) is 16.2. The van der Waals surface area contributed by atoms with Crippen LogP contribution in [0.2, 0.25) is 5.02 Å². The second-order valence-electron chi connectivity index (χ2n) is 5.49. The van der Waals surface area contributed by atoms with Gasteiger partial charge in [-0.2, -0.15) is 0 Å². The summed E-state index contributed by atoms with van der Waals surface area (Å²) in [5.74, 6) is 0.837. The molecule has 1 fully saturated rings. The molecule has 1 atom stereocenters. The minimum atomic E-state index is -0.0465. The van der Waals surface area contributed by atoms with Gasteiger partial charge in [0.1, 0.15) is 0 Å². The smallest absolute Gasteiger partial charge is 0.236 e. The fourth-order valence-corrected chi connectivity index (χ4v) is 4.12.